The zero-order chi connectivity index (χ0) is 12.4. The number of nitrogens with one attached hydrogen (secondary N) is 1. The molecule has 0 aromatic carbocycles. The van der Waals surface area contributed by atoms with Crippen LogP contribution in [-0.4, -0.2) is 23.0 Å². The highest BCUT2D eigenvalue weighted by Crippen LogP contribution is 2.29. The van der Waals surface area contributed by atoms with Gasteiger partial charge >= 0.3 is 6.03 Å². The summed E-state index contributed by atoms with van der Waals surface area (Å²) in [5, 5.41) is 7.42. The van der Waals surface area contributed by atoms with Crippen molar-refractivity contribution in [1.82, 2.24) is 10.2 Å². The smallest absolute Gasteiger partial charge is 0.318 e. The maximum atomic E-state index is 12.3. The van der Waals surface area contributed by atoms with Gasteiger partial charge in [-0.15, -0.1) is 0 Å². The molecule has 2 aliphatic carbocycles. The van der Waals surface area contributed by atoms with Gasteiger partial charge < -0.3 is 10.2 Å². The van der Waals surface area contributed by atoms with Crippen LogP contribution in [0.4, 0.5) is 4.79 Å². The molecule has 4 heteroatoms. The van der Waals surface area contributed by atoms with E-state index in [0.29, 0.717) is 12.1 Å². The summed E-state index contributed by atoms with van der Waals surface area (Å²) in [6.07, 6.45) is 7.17. The van der Waals surface area contributed by atoms with Crippen molar-refractivity contribution < 1.29 is 4.79 Å². The van der Waals surface area contributed by atoms with Gasteiger partial charge in [0.05, 0.1) is 0 Å². The van der Waals surface area contributed by atoms with Crippen molar-refractivity contribution in [3.05, 3.63) is 22.4 Å². The van der Waals surface area contributed by atoms with Crippen LogP contribution in [0.3, 0.4) is 0 Å². The Morgan fingerprint density at radius 2 is 2.11 bits per heavy atom. The van der Waals surface area contributed by atoms with Gasteiger partial charge in [0.2, 0.25) is 0 Å². The maximum Gasteiger partial charge on any atom is 0.318 e. The number of nitrogens with zero attached hydrogens (tertiary/aromatic N) is 1. The van der Waals surface area contributed by atoms with E-state index < -0.39 is 0 Å². The molecule has 0 saturated heterocycles. The highest BCUT2D eigenvalue weighted by Gasteiger charge is 2.33. The van der Waals surface area contributed by atoms with E-state index in [9.17, 15) is 4.79 Å². The average Bonchev–Trinajstić information content (AvgIpc) is 2.87. The molecule has 0 radical (unpaired) electrons. The summed E-state index contributed by atoms with van der Waals surface area (Å²) in [5.74, 6) is 0. The quantitative estimate of drug-likeness (QED) is 0.888. The lowest BCUT2D eigenvalue weighted by Crippen LogP contribution is -2.44. The largest absolute Gasteiger partial charge is 0.335 e. The Morgan fingerprint density at radius 3 is 2.72 bits per heavy atom. The molecule has 0 aliphatic heterocycles. The number of amides is 2. The fourth-order valence-corrected chi connectivity index (χ4v) is 3.32. The zero-order valence-corrected chi connectivity index (χ0v) is 11.4. The molecule has 1 aromatic rings. The fourth-order valence-electron chi connectivity index (χ4n) is 2.66. The van der Waals surface area contributed by atoms with Gasteiger partial charge in [0.1, 0.15) is 0 Å². The number of carbonyl (C=O) groups excluding carboxylic acids is 1. The van der Waals surface area contributed by atoms with Crippen LogP contribution in [0, 0.1) is 0 Å². The van der Waals surface area contributed by atoms with E-state index in [2.05, 4.69) is 22.1 Å². The normalized spacial score (nSPS) is 20.0. The molecule has 18 heavy (non-hydrogen) atoms. The van der Waals surface area contributed by atoms with Gasteiger partial charge in [-0.05, 0) is 48.1 Å². The van der Waals surface area contributed by atoms with Crippen LogP contribution in [0.25, 0.3) is 0 Å². The number of hydrogen-bond donors (Lipinski definition) is 1. The van der Waals surface area contributed by atoms with Crippen molar-refractivity contribution in [1.29, 1.82) is 0 Å². The standard InChI is InChI=1S/C14H20N2OS/c17-14(15-12-3-1-2-4-12)16(13-5-6-13)9-11-7-8-18-10-11/h7-8,10,12-13H,1-6,9H2,(H,15,17). The molecule has 1 aromatic heterocycles. The minimum absolute atomic E-state index is 0.149. The predicted molar refractivity (Wildman–Crippen MR) is 73.7 cm³/mol. The highest BCUT2D eigenvalue weighted by molar-refractivity contribution is 7.07. The Kier molecular flexibility index (Phi) is 3.55. The van der Waals surface area contributed by atoms with Crippen LogP contribution in [0.5, 0.6) is 0 Å². The maximum absolute atomic E-state index is 12.3. The molecule has 0 bridgehead atoms. The first-order chi connectivity index (χ1) is 8.83. The molecule has 1 heterocycles. The molecule has 0 spiro atoms. The second-order valence-electron chi connectivity index (χ2n) is 5.42. The minimum atomic E-state index is 0.149. The van der Waals surface area contributed by atoms with Gasteiger partial charge in [0, 0.05) is 18.6 Å². The summed E-state index contributed by atoms with van der Waals surface area (Å²) < 4.78 is 0. The van der Waals surface area contributed by atoms with Crippen LogP contribution < -0.4 is 5.32 Å². The van der Waals surface area contributed by atoms with E-state index in [1.165, 1.54) is 31.2 Å². The molecule has 2 fully saturated rings. The summed E-state index contributed by atoms with van der Waals surface area (Å²) in [5.41, 5.74) is 1.26. The molecule has 2 saturated carbocycles. The monoisotopic (exact) mass is 264 g/mol. The van der Waals surface area contributed by atoms with Crippen molar-refractivity contribution in [3.63, 3.8) is 0 Å². The Bertz CT molecular complexity index is 394. The zero-order valence-electron chi connectivity index (χ0n) is 10.6. The summed E-state index contributed by atoms with van der Waals surface area (Å²) in [7, 11) is 0. The highest BCUT2D eigenvalue weighted by atomic mass is 32.1. The van der Waals surface area contributed by atoms with Crippen molar-refractivity contribution >= 4 is 17.4 Å². The average molecular weight is 264 g/mol. The molecule has 98 valence electrons. The van der Waals surface area contributed by atoms with Crippen LogP contribution in [0.1, 0.15) is 44.1 Å². The van der Waals surface area contributed by atoms with E-state index in [-0.39, 0.29) is 6.03 Å². The lowest BCUT2D eigenvalue weighted by Gasteiger charge is -2.24. The number of rotatable bonds is 4. The second kappa shape index (κ2) is 5.31. The van der Waals surface area contributed by atoms with Crippen LogP contribution in [-0.2, 0) is 6.54 Å². The summed E-state index contributed by atoms with van der Waals surface area (Å²) >= 11 is 1.70. The molecule has 3 rings (SSSR count). The third-order valence-electron chi connectivity index (χ3n) is 3.86. The van der Waals surface area contributed by atoms with Gasteiger partial charge in [-0.3, -0.25) is 0 Å². The molecular weight excluding hydrogens is 244 g/mol. The Balaban J connectivity index is 1.60. The minimum Gasteiger partial charge on any atom is -0.335 e. The van der Waals surface area contributed by atoms with Crippen molar-refractivity contribution in [3.8, 4) is 0 Å². The number of hydrogen-bond acceptors (Lipinski definition) is 2. The number of urea groups is 1. The SMILES string of the molecule is O=C(NC1CCCC1)N(Cc1ccsc1)C1CC1. The molecule has 1 N–H and O–H groups in total. The first kappa shape index (κ1) is 12.0. The Hall–Kier alpha value is -1.03. The molecule has 2 amide bonds. The topological polar surface area (TPSA) is 32.3 Å². The van der Waals surface area contributed by atoms with E-state index in [1.807, 2.05) is 4.90 Å². The Morgan fingerprint density at radius 1 is 1.33 bits per heavy atom. The van der Waals surface area contributed by atoms with Crippen LogP contribution in [0.2, 0.25) is 0 Å². The first-order valence-corrected chi connectivity index (χ1v) is 7.85. The third kappa shape index (κ3) is 2.86. The third-order valence-corrected chi connectivity index (χ3v) is 4.60. The van der Waals surface area contributed by atoms with E-state index in [4.69, 9.17) is 0 Å². The molecule has 0 unspecified atom stereocenters. The van der Waals surface area contributed by atoms with Gasteiger partial charge in [0.15, 0.2) is 0 Å². The summed E-state index contributed by atoms with van der Waals surface area (Å²) in [4.78, 5) is 14.4. The second-order valence-corrected chi connectivity index (χ2v) is 6.20. The van der Waals surface area contributed by atoms with Crippen molar-refractivity contribution in [2.45, 2.75) is 57.2 Å². The lowest BCUT2D eigenvalue weighted by atomic mass is 10.2. The van der Waals surface area contributed by atoms with Crippen molar-refractivity contribution in [2.24, 2.45) is 0 Å². The molecule has 3 nitrogen and oxygen atoms in total. The van der Waals surface area contributed by atoms with Crippen LogP contribution in [0.15, 0.2) is 16.8 Å². The van der Waals surface area contributed by atoms with Gasteiger partial charge in [0.25, 0.3) is 0 Å². The summed E-state index contributed by atoms with van der Waals surface area (Å²) in [6.45, 7) is 0.771. The van der Waals surface area contributed by atoms with E-state index in [1.54, 1.807) is 11.3 Å². The lowest BCUT2D eigenvalue weighted by molar-refractivity contribution is 0.188. The fraction of sp³-hybridized carbons (Fsp3) is 0.643. The first-order valence-electron chi connectivity index (χ1n) is 6.91. The Labute approximate surface area is 112 Å². The van der Waals surface area contributed by atoms with E-state index in [0.717, 1.165) is 19.4 Å². The van der Waals surface area contributed by atoms with Crippen molar-refractivity contribution in [2.75, 3.05) is 0 Å². The molecule has 0 atom stereocenters. The predicted octanol–water partition coefficient (Wildman–Crippen LogP) is 3.36. The molecule has 2 aliphatic rings. The van der Waals surface area contributed by atoms with Gasteiger partial charge in [-0.2, -0.15) is 11.3 Å². The van der Waals surface area contributed by atoms with Gasteiger partial charge in [-0.1, -0.05) is 12.8 Å². The number of carbonyl (C=O) groups is 1. The molecular formula is C14H20N2OS. The summed E-state index contributed by atoms with van der Waals surface area (Å²) in [6, 6.07) is 3.16. The van der Waals surface area contributed by atoms with Gasteiger partial charge in [-0.25, -0.2) is 4.79 Å². The van der Waals surface area contributed by atoms with Crippen LogP contribution >= 0.6 is 11.3 Å². The number of thiophene rings is 1. The van der Waals surface area contributed by atoms with E-state index >= 15 is 0 Å².